The third-order valence-corrected chi connectivity index (χ3v) is 4.14. The molecular formula is C11H14Cl2Si. The first-order valence-electron chi connectivity index (χ1n) is 4.70. The third kappa shape index (κ3) is 4.84. The van der Waals surface area contributed by atoms with Gasteiger partial charge in [-0.05, 0) is 17.5 Å². The van der Waals surface area contributed by atoms with Crippen LogP contribution in [0, 0.1) is 5.92 Å². The lowest BCUT2D eigenvalue weighted by atomic mass is 10.1. The van der Waals surface area contributed by atoms with Crippen molar-refractivity contribution >= 4 is 35.7 Å². The van der Waals surface area contributed by atoms with Crippen molar-refractivity contribution in [2.24, 2.45) is 5.92 Å². The minimum absolute atomic E-state index is 0.474. The van der Waals surface area contributed by atoms with E-state index in [4.69, 9.17) is 22.2 Å². The lowest BCUT2D eigenvalue weighted by Gasteiger charge is -2.04. The Kier molecular flexibility index (Phi) is 5.31. The molecule has 1 unspecified atom stereocenters. The number of halogens is 2. The second-order valence-corrected chi connectivity index (χ2v) is 8.46. The SMILES string of the molecule is CC(/C=C/c1ccccc1)C[SiH](Cl)Cl. The molecule has 0 aromatic heterocycles. The van der Waals surface area contributed by atoms with Gasteiger partial charge in [-0.2, -0.15) is 22.2 Å². The molecular weight excluding hydrogens is 231 g/mol. The maximum absolute atomic E-state index is 5.82. The highest BCUT2D eigenvalue weighted by Gasteiger charge is 2.06. The van der Waals surface area contributed by atoms with Gasteiger partial charge >= 0.3 is 0 Å². The Morgan fingerprint density at radius 1 is 1.29 bits per heavy atom. The highest BCUT2D eigenvalue weighted by atomic mass is 35.7. The van der Waals surface area contributed by atoms with Gasteiger partial charge in [0.25, 0.3) is 0 Å². The average Bonchev–Trinajstić information content (AvgIpc) is 2.15. The van der Waals surface area contributed by atoms with E-state index in [0.29, 0.717) is 5.92 Å². The standard InChI is InChI=1S/C11H14Cl2Si/c1-10(9-14(12)13)7-8-11-5-3-2-4-6-11/h2-8,10,14H,9H2,1H3/b8-7+. The summed E-state index contributed by atoms with van der Waals surface area (Å²) in [4.78, 5) is 0. The van der Waals surface area contributed by atoms with Crippen LogP contribution < -0.4 is 0 Å². The maximum Gasteiger partial charge on any atom is 0.237 e. The van der Waals surface area contributed by atoms with E-state index in [1.54, 1.807) is 0 Å². The summed E-state index contributed by atoms with van der Waals surface area (Å²) < 4.78 is 0. The normalized spacial score (nSPS) is 13.7. The van der Waals surface area contributed by atoms with E-state index in [1.807, 2.05) is 18.2 Å². The van der Waals surface area contributed by atoms with E-state index in [-0.39, 0.29) is 0 Å². The molecule has 0 aliphatic carbocycles. The van der Waals surface area contributed by atoms with Crippen LogP contribution in [0.5, 0.6) is 0 Å². The summed E-state index contributed by atoms with van der Waals surface area (Å²) in [6.45, 7) is 2.14. The van der Waals surface area contributed by atoms with Gasteiger partial charge in [0.2, 0.25) is 7.42 Å². The zero-order valence-corrected chi connectivity index (χ0v) is 10.8. The highest BCUT2D eigenvalue weighted by molar-refractivity contribution is 7.33. The predicted octanol–water partition coefficient (Wildman–Crippen LogP) is 4.03. The molecule has 0 amide bonds. The van der Waals surface area contributed by atoms with Crippen LogP contribution in [0.15, 0.2) is 36.4 Å². The summed E-state index contributed by atoms with van der Waals surface area (Å²) in [5.74, 6) is 0.474. The molecule has 0 saturated carbocycles. The smallest absolute Gasteiger partial charge is 0.150 e. The van der Waals surface area contributed by atoms with E-state index < -0.39 is 7.42 Å². The molecule has 76 valence electrons. The zero-order valence-electron chi connectivity index (χ0n) is 8.16. The Balaban J connectivity index is 2.48. The first kappa shape index (κ1) is 11.8. The van der Waals surface area contributed by atoms with Crippen molar-refractivity contribution in [3.8, 4) is 0 Å². The molecule has 14 heavy (non-hydrogen) atoms. The fourth-order valence-corrected chi connectivity index (χ4v) is 3.60. The van der Waals surface area contributed by atoms with Crippen molar-refractivity contribution in [1.29, 1.82) is 0 Å². The Morgan fingerprint density at radius 3 is 2.50 bits per heavy atom. The number of rotatable bonds is 4. The summed E-state index contributed by atoms with van der Waals surface area (Å²) in [5, 5.41) is 0. The lowest BCUT2D eigenvalue weighted by molar-refractivity contribution is 0.830. The number of benzene rings is 1. The van der Waals surface area contributed by atoms with Crippen molar-refractivity contribution in [3.63, 3.8) is 0 Å². The molecule has 3 heteroatoms. The van der Waals surface area contributed by atoms with Crippen molar-refractivity contribution < 1.29 is 0 Å². The van der Waals surface area contributed by atoms with Gasteiger partial charge < -0.3 is 0 Å². The molecule has 0 heterocycles. The van der Waals surface area contributed by atoms with Crippen molar-refractivity contribution in [2.75, 3.05) is 0 Å². The molecule has 1 atom stereocenters. The molecule has 1 rings (SSSR count). The first-order valence-corrected chi connectivity index (χ1v) is 9.00. The molecule has 0 saturated heterocycles. The third-order valence-electron chi connectivity index (χ3n) is 1.97. The highest BCUT2D eigenvalue weighted by Crippen LogP contribution is 2.15. The van der Waals surface area contributed by atoms with E-state index >= 15 is 0 Å². The second kappa shape index (κ2) is 6.28. The summed E-state index contributed by atoms with van der Waals surface area (Å²) >= 11 is 11.6. The molecule has 0 aliphatic heterocycles. The molecule has 0 nitrogen and oxygen atoms in total. The zero-order chi connectivity index (χ0) is 10.4. The van der Waals surface area contributed by atoms with Crippen molar-refractivity contribution in [3.05, 3.63) is 42.0 Å². The quantitative estimate of drug-likeness (QED) is 0.555. The number of hydrogen-bond acceptors (Lipinski definition) is 0. The van der Waals surface area contributed by atoms with E-state index in [2.05, 4.69) is 31.2 Å². The van der Waals surface area contributed by atoms with Gasteiger partial charge in [0.05, 0.1) is 0 Å². The monoisotopic (exact) mass is 244 g/mol. The Labute approximate surface area is 96.6 Å². The Morgan fingerprint density at radius 2 is 1.93 bits per heavy atom. The summed E-state index contributed by atoms with van der Waals surface area (Å²) in [6, 6.07) is 11.2. The molecule has 0 spiro atoms. The largest absolute Gasteiger partial charge is 0.237 e. The maximum atomic E-state index is 5.82. The van der Waals surface area contributed by atoms with Crippen molar-refractivity contribution in [2.45, 2.75) is 13.0 Å². The van der Waals surface area contributed by atoms with Crippen LogP contribution in [0.1, 0.15) is 12.5 Å². The molecule has 0 radical (unpaired) electrons. The molecule has 0 N–H and O–H groups in total. The summed E-state index contributed by atoms with van der Waals surface area (Å²) in [6.07, 6.45) is 4.29. The molecule has 1 aromatic rings. The molecule has 1 aromatic carbocycles. The minimum atomic E-state index is -1.46. The van der Waals surface area contributed by atoms with Crippen LogP contribution in [0.3, 0.4) is 0 Å². The van der Waals surface area contributed by atoms with Gasteiger partial charge in [0.1, 0.15) is 0 Å². The lowest BCUT2D eigenvalue weighted by Crippen LogP contribution is -1.99. The number of allylic oxidation sites excluding steroid dienone is 1. The second-order valence-electron chi connectivity index (χ2n) is 3.37. The van der Waals surface area contributed by atoms with Gasteiger partial charge in [0.15, 0.2) is 0 Å². The fourth-order valence-electron chi connectivity index (χ4n) is 1.20. The predicted molar refractivity (Wildman–Crippen MR) is 68.3 cm³/mol. The molecule has 0 fully saturated rings. The summed E-state index contributed by atoms with van der Waals surface area (Å²) in [5.41, 5.74) is 1.22. The van der Waals surface area contributed by atoms with Gasteiger partial charge in [-0.1, -0.05) is 49.4 Å². The van der Waals surface area contributed by atoms with Crippen LogP contribution in [-0.4, -0.2) is 7.42 Å². The molecule has 0 aliphatic rings. The van der Waals surface area contributed by atoms with Crippen molar-refractivity contribution in [1.82, 2.24) is 0 Å². The average molecular weight is 245 g/mol. The number of hydrogen-bond donors (Lipinski definition) is 0. The van der Waals surface area contributed by atoms with Crippen LogP contribution in [-0.2, 0) is 0 Å². The Hall–Kier alpha value is -0.243. The van der Waals surface area contributed by atoms with Gasteiger partial charge in [-0.25, -0.2) is 0 Å². The van der Waals surface area contributed by atoms with Gasteiger partial charge in [-0.15, -0.1) is 0 Å². The van der Waals surface area contributed by atoms with Crippen LogP contribution >= 0.6 is 22.2 Å². The summed E-state index contributed by atoms with van der Waals surface area (Å²) in [7, 11) is -1.46. The van der Waals surface area contributed by atoms with Gasteiger partial charge in [-0.3, -0.25) is 0 Å². The topological polar surface area (TPSA) is 0 Å². The van der Waals surface area contributed by atoms with Crippen LogP contribution in [0.25, 0.3) is 6.08 Å². The fraction of sp³-hybridized carbons (Fsp3) is 0.273. The Bertz CT molecular complexity index is 283. The first-order chi connectivity index (χ1) is 6.68. The van der Waals surface area contributed by atoms with E-state index in [1.165, 1.54) is 5.56 Å². The van der Waals surface area contributed by atoms with Gasteiger partial charge in [0, 0.05) is 0 Å². The van der Waals surface area contributed by atoms with Crippen LogP contribution in [0.4, 0.5) is 0 Å². The van der Waals surface area contributed by atoms with E-state index in [9.17, 15) is 0 Å². The minimum Gasteiger partial charge on any atom is -0.150 e. The van der Waals surface area contributed by atoms with E-state index in [0.717, 1.165) is 6.04 Å². The molecule has 0 bridgehead atoms. The van der Waals surface area contributed by atoms with Crippen LogP contribution in [0.2, 0.25) is 6.04 Å².